The smallest absolute Gasteiger partial charge is 0.322 e. The minimum Gasteiger partial charge on any atom is -0.480 e. The number of aliphatic carboxylic acids is 1. The van der Waals surface area contributed by atoms with Crippen LogP contribution in [-0.4, -0.2) is 36.0 Å². The van der Waals surface area contributed by atoms with Gasteiger partial charge in [0, 0.05) is 5.56 Å². The monoisotopic (exact) mass is 319 g/mol. The predicted molar refractivity (Wildman–Crippen MR) is 73.9 cm³/mol. The maximum Gasteiger partial charge on any atom is 0.322 e. The van der Waals surface area contributed by atoms with Gasteiger partial charge in [-0.2, -0.15) is 0 Å². The summed E-state index contributed by atoms with van der Waals surface area (Å²) in [6, 6.07) is 2.63. The molecule has 0 unspecified atom stereocenters. The highest BCUT2D eigenvalue weighted by atomic mass is 35.5. The standard InChI is InChI=1S/C11H11Cl2N3O4/c12-6-1-5(2-7(13)10(6)14)11(20)16-3-8(17)15-4-9(18)19/h1-2H,3-4,14H2,(H,15,17)(H,16,20)(H,18,19). The number of carboxylic acid groups (broad SMARTS) is 1. The molecule has 5 N–H and O–H groups in total. The molecule has 108 valence electrons. The van der Waals surface area contributed by atoms with Crippen LogP contribution < -0.4 is 16.4 Å². The van der Waals surface area contributed by atoms with Gasteiger partial charge in [0.25, 0.3) is 5.91 Å². The molecule has 9 heteroatoms. The Morgan fingerprint density at radius 1 is 1.10 bits per heavy atom. The van der Waals surface area contributed by atoms with Crippen LogP contribution in [0.25, 0.3) is 0 Å². The molecule has 1 aromatic carbocycles. The van der Waals surface area contributed by atoms with Gasteiger partial charge in [0.2, 0.25) is 5.91 Å². The first-order valence-corrected chi connectivity index (χ1v) is 6.08. The van der Waals surface area contributed by atoms with Gasteiger partial charge >= 0.3 is 5.97 Å². The van der Waals surface area contributed by atoms with E-state index in [0.717, 1.165) is 0 Å². The SMILES string of the molecule is Nc1c(Cl)cc(C(=O)NCC(=O)NCC(=O)O)cc1Cl. The lowest BCUT2D eigenvalue weighted by Crippen LogP contribution is -2.39. The lowest BCUT2D eigenvalue weighted by Gasteiger charge is -2.08. The molecule has 1 aromatic rings. The number of carbonyl (C=O) groups is 3. The molecule has 0 saturated heterocycles. The van der Waals surface area contributed by atoms with Gasteiger partial charge in [0.15, 0.2) is 0 Å². The number of carboxylic acids is 1. The van der Waals surface area contributed by atoms with Crippen LogP contribution in [0, 0.1) is 0 Å². The maximum atomic E-state index is 11.7. The number of halogens is 2. The summed E-state index contributed by atoms with van der Waals surface area (Å²) in [5.41, 5.74) is 5.82. The summed E-state index contributed by atoms with van der Waals surface area (Å²) in [7, 11) is 0. The zero-order valence-electron chi connectivity index (χ0n) is 10.1. The van der Waals surface area contributed by atoms with Crippen molar-refractivity contribution in [1.29, 1.82) is 0 Å². The zero-order chi connectivity index (χ0) is 15.3. The maximum absolute atomic E-state index is 11.7. The molecule has 0 radical (unpaired) electrons. The number of amides is 2. The Morgan fingerprint density at radius 2 is 1.65 bits per heavy atom. The van der Waals surface area contributed by atoms with Crippen molar-refractivity contribution >= 4 is 46.7 Å². The molecule has 7 nitrogen and oxygen atoms in total. The zero-order valence-corrected chi connectivity index (χ0v) is 11.6. The van der Waals surface area contributed by atoms with Gasteiger partial charge in [-0.05, 0) is 12.1 Å². The van der Waals surface area contributed by atoms with Gasteiger partial charge in [-0.1, -0.05) is 23.2 Å². The summed E-state index contributed by atoms with van der Waals surface area (Å²) in [4.78, 5) is 33.2. The van der Waals surface area contributed by atoms with Crippen molar-refractivity contribution in [3.8, 4) is 0 Å². The van der Waals surface area contributed by atoms with E-state index in [1.54, 1.807) is 0 Å². The van der Waals surface area contributed by atoms with E-state index >= 15 is 0 Å². The molecule has 0 bridgehead atoms. The summed E-state index contributed by atoms with van der Waals surface area (Å²) in [6.07, 6.45) is 0. The van der Waals surface area contributed by atoms with Gasteiger partial charge < -0.3 is 21.5 Å². The fourth-order valence-corrected chi connectivity index (χ4v) is 1.70. The minimum atomic E-state index is -1.18. The molecule has 20 heavy (non-hydrogen) atoms. The summed E-state index contributed by atoms with van der Waals surface area (Å²) in [5.74, 6) is -2.39. The lowest BCUT2D eigenvalue weighted by molar-refractivity contribution is -0.137. The van der Waals surface area contributed by atoms with Gasteiger partial charge in [0.05, 0.1) is 22.3 Å². The van der Waals surface area contributed by atoms with Crippen molar-refractivity contribution in [2.45, 2.75) is 0 Å². The Bertz CT molecular complexity index is 540. The van der Waals surface area contributed by atoms with Crippen LogP contribution in [0.15, 0.2) is 12.1 Å². The third-order valence-electron chi connectivity index (χ3n) is 2.19. The Kier molecular flexibility index (Phi) is 5.60. The number of nitrogen functional groups attached to an aromatic ring is 1. The van der Waals surface area contributed by atoms with Gasteiger partial charge in [-0.3, -0.25) is 14.4 Å². The highest BCUT2D eigenvalue weighted by Crippen LogP contribution is 2.28. The normalized spacial score (nSPS) is 9.90. The number of nitrogens with two attached hydrogens (primary N) is 1. The topological polar surface area (TPSA) is 122 Å². The third-order valence-corrected chi connectivity index (χ3v) is 2.81. The molecule has 0 spiro atoms. The molecular formula is C11H11Cl2N3O4. The van der Waals surface area contributed by atoms with E-state index in [2.05, 4.69) is 10.6 Å². The average molecular weight is 320 g/mol. The van der Waals surface area contributed by atoms with Gasteiger partial charge in [-0.15, -0.1) is 0 Å². The highest BCUT2D eigenvalue weighted by molar-refractivity contribution is 6.39. The number of hydrogen-bond acceptors (Lipinski definition) is 4. The van der Waals surface area contributed by atoms with Gasteiger partial charge in [-0.25, -0.2) is 0 Å². The first-order chi connectivity index (χ1) is 9.31. The first kappa shape index (κ1) is 16.1. The van der Waals surface area contributed by atoms with Gasteiger partial charge in [0.1, 0.15) is 6.54 Å². The van der Waals surface area contributed by atoms with E-state index in [1.165, 1.54) is 12.1 Å². The number of rotatable bonds is 5. The van der Waals surface area contributed by atoms with E-state index in [0.29, 0.717) is 0 Å². The molecule has 0 aliphatic rings. The molecule has 0 aliphatic carbocycles. The van der Waals surface area contributed by atoms with E-state index in [4.69, 9.17) is 34.0 Å². The van der Waals surface area contributed by atoms with Crippen molar-refractivity contribution in [2.75, 3.05) is 18.8 Å². The van der Waals surface area contributed by atoms with Crippen LogP contribution in [-0.2, 0) is 9.59 Å². The molecule has 0 heterocycles. The minimum absolute atomic E-state index is 0.123. The molecule has 1 rings (SSSR count). The summed E-state index contributed by atoms with van der Waals surface area (Å²) < 4.78 is 0. The third kappa shape index (κ3) is 4.60. The van der Waals surface area contributed by atoms with E-state index < -0.39 is 24.3 Å². The Hall–Kier alpha value is -1.99. The fraction of sp³-hybridized carbons (Fsp3) is 0.182. The second-order valence-corrected chi connectivity index (χ2v) is 4.52. The van der Waals surface area contributed by atoms with E-state index in [1.807, 2.05) is 0 Å². The Balaban J connectivity index is 2.59. The summed E-state index contributed by atoms with van der Waals surface area (Å²) in [5, 5.41) is 13.0. The van der Waals surface area contributed by atoms with Crippen LogP contribution >= 0.6 is 23.2 Å². The predicted octanol–water partition coefficient (Wildman–Crippen LogP) is 0.506. The molecular weight excluding hydrogens is 309 g/mol. The van der Waals surface area contributed by atoms with Crippen molar-refractivity contribution in [1.82, 2.24) is 10.6 Å². The number of anilines is 1. The molecule has 0 atom stereocenters. The quantitative estimate of drug-likeness (QED) is 0.589. The lowest BCUT2D eigenvalue weighted by atomic mass is 10.2. The molecule has 2 amide bonds. The number of benzene rings is 1. The van der Waals surface area contributed by atoms with Crippen LogP contribution in [0.3, 0.4) is 0 Å². The Labute approximate surface area is 124 Å². The van der Waals surface area contributed by atoms with Crippen molar-refractivity contribution in [3.63, 3.8) is 0 Å². The average Bonchev–Trinajstić information content (AvgIpc) is 2.39. The molecule has 0 fully saturated rings. The second-order valence-electron chi connectivity index (χ2n) is 3.71. The van der Waals surface area contributed by atoms with Crippen molar-refractivity contribution in [2.24, 2.45) is 0 Å². The highest BCUT2D eigenvalue weighted by Gasteiger charge is 2.12. The van der Waals surface area contributed by atoms with Crippen LogP contribution in [0.4, 0.5) is 5.69 Å². The van der Waals surface area contributed by atoms with Crippen LogP contribution in [0.1, 0.15) is 10.4 Å². The molecule has 0 aliphatic heterocycles. The largest absolute Gasteiger partial charge is 0.480 e. The molecule has 0 saturated carbocycles. The first-order valence-electron chi connectivity index (χ1n) is 5.32. The summed E-state index contributed by atoms with van der Waals surface area (Å²) in [6.45, 7) is -0.889. The number of hydrogen-bond donors (Lipinski definition) is 4. The van der Waals surface area contributed by atoms with E-state index in [-0.39, 0.29) is 27.8 Å². The van der Waals surface area contributed by atoms with Crippen molar-refractivity contribution < 1.29 is 19.5 Å². The second kappa shape index (κ2) is 6.97. The van der Waals surface area contributed by atoms with Crippen molar-refractivity contribution in [3.05, 3.63) is 27.7 Å². The Morgan fingerprint density at radius 3 is 2.15 bits per heavy atom. The van der Waals surface area contributed by atoms with Crippen LogP contribution in [0.5, 0.6) is 0 Å². The number of nitrogens with one attached hydrogen (secondary N) is 2. The molecule has 0 aromatic heterocycles. The fourth-order valence-electron chi connectivity index (χ4n) is 1.21. The summed E-state index contributed by atoms with van der Waals surface area (Å²) >= 11 is 11.6. The number of carbonyl (C=O) groups excluding carboxylic acids is 2. The van der Waals surface area contributed by atoms with E-state index in [9.17, 15) is 14.4 Å². The van der Waals surface area contributed by atoms with Crippen LogP contribution in [0.2, 0.25) is 10.0 Å².